The fourth-order valence-electron chi connectivity index (χ4n) is 2.76. The first-order chi connectivity index (χ1) is 13.5. The first-order valence-corrected chi connectivity index (χ1v) is 10.9. The normalized spacial score (nSPS) is 11.6. The van der Waals surface area contributed by atoms with Crippen LogP contribution < -0.4 is 10.6 Å². The van der Waals surface area contributed by atoms with Crippen LogP contribution in [0.4, 0.5) is 5.13 Å². The van der Waals surface area contributed by atoms with Crippen LogP contribution in [0.15, 0.2) is 64.9 Å². The summed E-state index contributed by atoms with van der Waals surface area (Å²) in [5.74, 6) is -0.367. The van der Waals surface area contributed by atoms with Crippen LogP contribution in [0.3, 0.4) is 0 Å². The summed E-state index contributed by atoms with van der Waals surface area (Å²) in [6.07, 6.45) is 2.18. The number of anilines is 1. The van der Waals surface area contributed by atoms with Gasteiger partial charge in [0.25, 0.3) is 0 Å². The predicted molar refractivity (Wildman–Crippen MR) is 116 cm³/mol. The van der Waals surface area contributed by atoms with Crippen molar-refractivity contribution in [1.29, 1.82) is 0 Å². The molecule has 5 nitrogen and oxygen atoms in total. The number of thiazole rings is 1. The second-order valence-corrected chi connectivity index (χ2v) is 7.92. The maximum Gasteiger partial charge on any atom is 0.228 e. The van der Waals surface area contributed by atoms with E-state index >= 15 is 0 Å². The molecule has 2 aromatic carbocycles. The number of thioether (sulfide) groups is 1. The van der Waals surface area contributed by atoms with Gasteiger partial charge in [-0.1, -0.05) is 42.5 Å². The zero-order valence-electron chi connectivity index (χ0n) is 15.6. The van der Waals surface area contributed by atoms with E-state index in [4.69, 9.17) is 0 Å². The zero-order valence-corrected chi connectivity index (χ0v) is 17.3. The number of aromatic nitrogens is 1. The van der Waals surface area contributed by atoms with Crippen LogP contribution in [0.2, 0.25) is 0 Å². The highest BCUT2D eigenvalue weighted by Crippen LogP contribution is 2.27. The van der Waals surface area contributed by atoms with Crippen molar-refractivity contribution in [1.82, 2.24) is 10.3 Å². The molecule has 1 unspecified atom stereocenters. The highest BCUT2D eigenvalue weighted by molar-refractivity contribution is 7.98. The number of amides is 2. The van der Waals surface area contributed by atoms with E-state index in [9.17, 15) is 9.59 Å². The van der Waals surface area contributed by atoms with Crippen molar-refractivity contribution in [2.24, 2.45) is 0 Å². The van der Waals surface area contributed by atoms with E-state index < -0.39 is 0 Å². The van der Waals surface area contributed by atoms with E-state index in [0.717, 1.165) is 16.8 Å². The minimum atomic E-state index is -0.378. The first kappa shape index (κ1) is 20.1. The third kappa shape index (κ3) is 5.43. The highest BCUT2D eigenvalue weighted by Gasteiger charge is 2.18. The molecule has 0 spiro atoms. The van der Waals surface area contributed by atoms with Gasteiger partial charge in [-0.25, -0.2) is 4.98 Å². The van der Waals surface area contributed by atoms with E-state index in [-0.39, 0.29) is 24.3 Å². The van der Waals surface area contributed by atoms with Crippen molar-refractivity contribution in [3.8, 4) is 11.3 Å². The summed E-state index contributed by atoms with van der Waals surface area (Å²) >= 11 is 3.07. The molecule has 1 aromatic heterocycles. The standard InChI is InChI=1S/C21H21N3O2S2/c1-14(25)22-18(15-6-4-3-5-7-15)12-20(26)24-21-23-19(13-28-21)16-8-10-17(27-2)11-9-16/h3-11,13,18H,12H2,1-2H3,(H,22,25)(H,23,24,26). The number of nitrogens with zero attached hydrogens (tertiary/aromatic N) is 1. The Hall–Kier alpha value is -2.64. The van der Waals surface area contributed by atoms with Crippen LogP contribution in [0, 0.1) is 0 Å². The average Bonchev–Trinajstić information content (AvgIpc) is 3.16. The number of carbonyl (C=O) groups excluding carboxylic acids is 2. The van der Waals surface area contributed by atoms with Gasteiger partial charge >= 0.3 is 0 Å². The number of hydrogen-bond donors (Lipinski definition) is 2. The Morgan fingerprint density at radius 3 is 2.46 bits per heavy atom. The van der Waals surface area contributed by atoms with Gasteiger partial charge in [0, 0.05) is 22.8 Å². The van der Waals surface area contributed by atoms with Gasteiger partial charge < -0.3 is 10.6 Å². The summed E-state index contributed by atoms with van der Waals surface area (Å²) in [5.41, 5.74) is 2.73. The van der Waals surface area contributed by atoms with E-state index in [0.29, 0.717) is 5.13 Å². The molecule has 1 atom stereocenters. The number of benzene rings is 2. The third-order valence-electron chi connectivity index (χ3n) is 4.11. The lowest BCUT2D eigenvalue weighted by Crippen LogP contribution is -2.29. The number of hydrogen-bond acceptors (Lipinski definition) is 5. The highest BCUT2D eigenvalue weighted by atomic mass is 32.2. The van der Waals surface area contributed by atoms with Crippen LogP contribution in [-0.4, -0.2) is 23.1 Å². The minimum Gasteiger partial charge on any atom is -0.349 e. The van der Waals surface area contributed by atoms with Crippen LogP contribution in [0.25, 0.3) is 11.3 Å². The van der Waals surface area contributed by atoms with E-state index in [1.807, 2.05) is 54.1 Å². The number of carbonyl (C=O) groups is 2. The molecular formula is C21H21N3O2S2. The van der Waals surface area contributed by atoms with Crippen molar-refractivity contribution < 1.29 is 9.59 Å². The molecule has 1 heterocycles. The Labute approximate surface area is 172 Å². The van der Waals surface area contributed by atoms with Crippen molar-refractivity contribution in [3.63, 3.8) is 0 Å². The molecule has 0 aliphatic carbocycles. The van der Waals surface area contributed by atoms with Crippen molar-refractivity contribution >= 4 is 40.0 Å². The molecule has 28 heavy (non-hydrogen) atoms. The minimum absolute atomic E-state index is 0.140. The van der Waals surface area contributed by atoms with Crippen LogP contribution >= 0.6 is 23.1 Å². The Kier molecular flexibility index (Phi) is 6.84. The van der Waals surface area contributed by atoms with Gasteiger partial charge in [0.15, 0.2) is 5.13 Å². The van der Waals surface area contributed by atoms with Gasteiger partial charge in [0.05, 0.1) is 18.2 Å². The van der Waals surface area contributed by atoms with Crippen molar-refractivity contribution in [2.45, 2.75) is 24.3 Å². The molecule has 144 valence electrons. The topological polar surface area (TPSA) is 71.1 Å². The second-order valence-electron chi connectivity index (χ2n) is 6.18. The Morgan fingerprint density at radius 2 is 1.82 bits per heavy atom. The maximum atomic E-state index is 12.5. The molecule has 0 saturated heterocycles. The Morgan fingerprint density at radius 1 is 1.11 bits per heavy atom. The first-order valence-electron chi connectivity index (χ1n) is 8.77. The zero-order chi connectivity index (χ0) is 19.9. The SMILES string of the molecule is CSc1ccc(-c2csc(NC(=O)CC(NC(C)=O)c3ccccc3)n2)cc1. The molecule has 2 amide bonds. The van der Waals surface area contributed by atoms with Gasteiger partial charge in [-0.05, 0) is 24.0 Å². The molecule has 0 bridgehead atoms. The van der Waals surface area contributed by atoms with Crippen molar-refractivity contribution in [3.05, 3.63) is 65.5 Å². The quantitative estimate of drug-likeness (QED) is 0.551. The summed E-state index contributed by atoms with van der Waals surface area (Å²) in [5, 5.41) is 8.14. The molecule has 0 saturated carbocycles. The van der Waals surface area contributed by atoms with Gasteiger partial charge in [0.2, 0.25) is 11.8 Å². The monoisotopic (exact) mass is 411 g/mol. The summed E-state index contributed by atoms with van der Waals surface area (Å²) in [6, 6.07) is 17.2. The molecule has 0 radical (unpaired) electrons. The van der Waals surface area contributed by atoms with Gasteiger partial charge in [-0.15, -0.1) is 23.1 Å². The van der Waals surface area contributed by atoms with E-state index in [2.05, 4.69) is 27.8 Å². The largest absolute Gasteiger partial charge is 0.349 e. The van der Waals surface area contributed by atoms with Gasteiger partial charge in [-0.3, -0.25) is 9.59 Å². The molecule has 0 aliphatic rings. The molecule has 0 fully saturated rings. The third-order valence-corrected chi connectivity index (χ3v) is 5.61. The lowest BCUT2D eigenvalue weighted by Gasteiger charge is -2.17. The summed E-state index contributed by atoms with van der Waals surface area (Å²) < 4.78 is 0. The fourth-order valence-corrected chi connectivity index (χ4v) is 3.91. The van der Waals surface area contributed by atoms with Crippen molar-refractivity contribution in [2.75, 3.05) is 11.6 Å². The predicted octanol–water partition coefficient (Wildman–Crippen LogP) is 4.74. The van der Waals surface area contributed by atoms with E-state index in [1.165, 1.54) is 23.2 Å². The van der Waals surface area contributed by atoms with Crippen LogP contribution in [0.1, 0.15) is 24.9 Å². The lowest BCUT2D eigenvalue weighted by atomic mass is 10.0. The Balaban J connectivity index is 1.66. The summed E-state index contributed by atoms with van der Waals surface area (Å²) in [4.78, 5) is 29.7. The molecule has 3 aromatic rings. The average molecular weight is 412 g/mol. The van der Waals surface area contributed by atoms with Crippen LogP contribution in [0.5, 0.6) is 0 Å². The van der Waals surface area contributed by atoms with Gasteiger partial charge in [0.1, 0.15) is 0 Å². The fraction of sp³-hybridized carbons (Fsp3) is 0.190. The number of nitrogens with one attached hydrogen (secondary N) is 2. The molecular weight excluding hydrogens is 390 g/mol. The maximum absolute atomic E-state index is 12.5. The van der Waals surface area contributed by atoms with Gasteiger partial charge in [-0.2, -0.15) is 0 Å². The summed E-state index contributed by atoms with van der Waals surface area (Å²) in [6.45, 7) is 1.45. The van der Waals surface area contributed by atoms with Crippen LogP contribution in [-0.2, 0) is 9.59 Å². The van der Waals surface area contributed by atoms with E-state index in [1.54, 1.807) is 11.8 Å². The molecule has 3 rings (SSSR count). The second kappa shape index (κ2) is 9.52. The molecule has 0 aliphatic heterocycles. The number of rotatable bonds is 7. The Bertz CT molecular complexity index is 940. The smallest absolute Gasteiger partial charge is 0.228 e. The lowest BCUT2D eigenvalue weighted by molar-refractivity contribution is -0.120. The molecule has 2 N–H and O–H groups in total. The molecule has 7 heteroatoms. The summed E-state index contributed by atoms with van der Waals surface area (Å²) in [7, 11) is 0.